The Balaban J connectivity index is 2.48. The van der Waals surface area contributed by atoms with E-state index in [1.807, 2.05) is 5.38 Å². The summed E-state index contributed by atoms with van der Waals surface area (Å²) in [5.74, 6) is 0.0776. The van der Waals surface area contributed by atoms with Gasteiger partial charge in [-0.15, -0.1) is 11.3 Å². The standard InChI is InChI=1S/C9H16N2O3S2/c1-11(6-9-7-15-8-10-9)16(13,14)5-3-2-4-12/h7-8,12H,2-6H2,1H3. The minimum absolute atomic E-state index is 0.0331. The number of aromatic nitrogens is 1. The van der Waals surface area contributed by atoms with Crippen molar-refractivity contribution >= 4 is 21.4 Å². The first kappa shape index (κ1) is 13.6. The van der Waals surface area contributed by atoms with Crippen LogP contribution in [0.5, 0.6) is 0 Å². The van der Waals surface area contributed by atoms with Gasteiger partial charge in [0.25, 0.3) is 0 Å². The van der Waals surface area contributed by atoms with Crippen LogP contribution in [-0.4, -0.2) is 42.2 Å². The van der Waals surface area contributed by atoms with Gasteiger partial charge in [0.2, 0.25) is 10.0 Å². The molecule has 0 saturated carbocycles. The lowest BCUT2D eigenvalue weighted by Gasteiger charge is -2.15. The highest BCUT2D eigenvalue weighted by atomic mass is 32.2. The topological polar surface area (TPSA) is 70.5 Å². The summed E-state index contributed by atoms with van der Waals surface area (Å²) in [6.45, 7) is 0.344. The van der Waals surface area contributed by atoms with Gasteiger partial charge in [0, 0.05) is 19.0 Å². The van der Waals surface area contributed by atoms with Gasteiger partial charge >= 0.3 is 0 Å². The first-order valence-corrected chi connectivity index (χ1v) is 7.53. The Kier molecular flexibility index (Phi) is 5.33. The summed E-state index contributed by atoms with van der Waals surface area (Å²) in [6.07, 6.45) is 1.00. The average molecular weight is 264 g/mol. The maximum Gasteiger partial charge on any atom is 0.214 e. The minimum Gasteiger partial charge on any atom is -0.396 e. The molecule has 0 unspecified atom stereocenters. The Labute approximate surface area is 99.8 Å². The molecule has 0 atom stereocenters. The van der Waals surface area contributed by atoms with Gasteiger partial charge in [-0.3, -0.25) is 0 Å². The number of hydrogen-bond donors (Lipinski definition) is 1. The van der Waals surface area contributed by atoms with Gasteiger partial charge in [0.05, 0.1) is 23.5 Å². The van der Waals surface area contributed by atoms with Crippen LogP contribution in [0.25, 0.3) is 0 Å². The van der Waals surface area contributed by atoms with E-state index in [1.54, 1.807) is 12.6 Å². The van der Waals surface area contributed by atoms with Crippen molar-refractivity contribution in [3.8, 4) is 0 Å². The molecule has 7 heteroatoms. The SMILES string of the molecule is CN(Cc1cscn1)S(=O)(=O)CCCCO. The molecule has 0 amide bonds. The molecule has 1 aromatic heterocycles. The van der Waals surface area contributed by atoms with Gasteiger partial charge in [0.1, 0.15) is 0 Å². The summed E-state index contributed by atoms with van der Waals surface area (Å²) in [7, 11) is -1.67. The molecule has 0 fully saturated rings. The van der Waals surface area contributed by atoms with Crippen LogP contribution in [0.1, 0.15) is 18.5 Å². The predicted octanol–water partition coefficient (Wildman–Crippen LogP) is 0.677. The van der Waals surface area contributed by atoms with Gasteiger partial charge in [-0.1, -0.05) is 0 Å². The van der Waals surface area contributed by atoms with E-state index < -0.39 is 10.0 Å². The average Bonchev–Trinajstić information content (AvgIpc) is 2.70. The van der Waals surface area contributed by atoms with Crippen LogP contribution in [-0.2, 0) is 16.6 Å². The zero-order chi connectivity index (χ0) is 12.0. The van der Waals surface area contributed by atoms with E-state index in [0.29, 0.717) is 19.4 Å². The number of thiazole rings is 1. The van der Waals surface area contributed by atoms with Crippen molar-refractivity contribution in [1.29, 1.82) is 0 Å². The molecule has 0 saturated heterocycles. The van der Waals surface area contributed by atoms with Gasteiger partial charge in [-0.2, -0.15) is 4.31 Å². The van der Waals surface area contributed by atoms with Gasteiger partial charge < -0.3 is 5.11 Å². The third-order valence-electron chi connectivity index (χ3n) is 2.15. The molecule has 0 bridgehead atoms. The van der Waals surface area contributed by atoms with Gasteiger partial charge in [-0.25, -0.2) is 13.4 Å². The van der Waals surface area contributed by atoms with Crippen molar-refractivity contribution < 1.29 is 13.5 Å². The number of sulfonamides is 1. The first-order valence-electron chi connectivity index (χ1n) is 4.98. The molecule has 5 nitrogen and oxygen atoms in total. The zero-order valence-electron chi connectivity index (χ0n) is 9.16. The van der Waals surface area contributed by atoms with Crippen molar-refractivity contribution in [2.24, 2.45) is 0 Å². The fourth-order valence-corrected chi connectivity index (χ4v) is 2.95. The first-order chi connectivity index (χ1) is 7.56. The van der Waals surface area contributed by atoms with Crippen LogP contribution in [0.15, 0.2) is 10.9 Å². The van der Waals surface area contributed by atoms with Crippen molar-refractivity contribution in [3.63, 3.8) is 0 Å². The lowest BCUT2D eigenvalue weighted by molar-refractivity contribution is 0.287. The molecular weight excluding hydrogens is 248 g/mol. The van der Waals surface area contributed by atoms with Crippen molar-refractivity contribution in [3.05, 3.63) is 16.6 Å². The smallest absolute Gasteiger partial charge is 0.214 e. The van der Waals surface area contributed by atoms with Gasteiger partial charge in [-0.05, 0) is 12.8 Å². The molecule has 1 heterocycles. The van der Waals surface area contributed by atoms with Crippen LogP contribution < -0.4 is 0 Å². The number of unbranched alkanes of at least 4 members (excludes halogenated alkanes) is 1. The summed E-state index contributed by atoms with van der Waals surface area (Å²) in [6, 6.07) is 0. The van der Waals surface area contributed by atoms with Crippen LogP contribution in [0.3, 0.4) is 0 Å². The summed E-state index contributed by atoms with van der Waals surface area (Å²) in [5, 5.41) is 10.4. The Hall–Kier alpha value is -0.500. The fourth-order valence-electron chi connectivity index (χ4n) is 1.19. The van der Waals surface area contributed by atoms with Gasteiger partial charge in [0.15, 0.2) is 0 Å². The monoisotopic (exact) mass is 264 g/mol. The molecule has 1 rings (SSSR count). The number of aliphatic hydroxyl groups excluding tert-OH is 1. The third-order valence-corrected chi connectivity index (χ3v) is 4.67. The molecule has 0 aliphatic carbocycles. The Morgan fingerprint density at radius 1 is 1.50 bits per heavy atom. The van der Waals surface area contributed by atoms with E-state index >= 15 is 0 Å². The van der Waals surface area contributed by atoms with Crippen molar-refractivity contribution in [1.82, 2.24) is 9.29 Å². The Morgan fingerprint density at radius 2 is 2.25 bits per heavy atom. The minimum atomic E-state index is -3.22. The lowest BCUT2D eigenvalue weighted by Crippen LogP contribution is -2.29. The molecule has 92 valence electrons. The second-order valence-electron chi connectivity index (χ2n) is 3.48. The second-order valence-corrected chi connectivity index (χ2v) is 6.40. The summed E-state index contributed by atoms with van der Waals surface area (Å²) in [5.41, 5.74) is 2.44. The highest BCUT2D eigenvalue weighted by Crippen LogP contribution is 2.09. The highest BCUT2D eigenvalue weighted by Gasteiger charge is 2.17. The number of nitrogens with zero attached hydrogens (tertiary/aromatic N) is 2. The lowest BCUT2D eigenvalue weighted by atomic mass is 10.4. The van der Waals surface area contributed by atoms with Crippen LogP contribution in [0.2, 0.25) is 0 Å². The largest absolute Gasteiger partial charge is 0.396 e. The zero-order valence-corrected chi connectivity index (χ0v) is 10.8. The molecule has 0 spiro atoms. The fraction of sp³-hybridized carbons (Fsp3) is 0.667. The molecule has 0 aromatic carbocycles. The summed E-state index contributed by atoms with van der Waals surface area (Å²) < 4.78 is 24.8. The number of aliphatic hydroxyl groups is 1. The molecule has 0 aliphatic heterocycles. The van der Waals surface area contributed by atoms with Crippen molar-refractivity contribution in [2.45, 2.75) is 19.4 Å². The summed E-state index contributed by atoms with van der Waals surface area (Å²) in [4.78, 5) is 4.04. The van der Waals surface area contributed by atoms with Crippen LogP contribution in [0.4, 0.5) is 0 Å². The van der Waals surface area contributed by atoms with E-state index in [9.17, 15) is 8.42 Å². The maximum atomic E-state index is 11.8. The number of rotatable bonds is 7. The second kappa shape index (κ2) is 6.29. The van der Waals surface area contributed by atoms with Crippen molar-refractivity contribution in [2.75, 3.05) is 19.4 Å². The summed E-state index contributed by atoms with van der Waals surface area (Å²) >= 11 is 1.45. The molecule has 0 radical (unpaired) electrons. The van der Waals surface area contributed by atoms with Crippen LogP contribution in [0, 0.1) is 0 Å². The number of hydrogen-bond acceptors (Lipinski definition) is 5. The van der Waals surface area contributed by atoms with E-state index in [1.165, 1.54) is 15.6 Å². The maximum absolute atomic E-state index is 11.8. The molecular formula is C9H16N2O3S2. The third kappa shape index (κ3) is 4.17. The molecule has 1 N–H and O–H groups in total. The molecule has 0 aliphatic rings. The Morgan fingerprint density at radius 3 is 2.81 bits per heavy atom. The van der Waals surface area contributed by atoms with E-state index in [-0.39, 0.29) is 12.4 Å². The normalized spacial score (nSPS) is 12.2. The van der Waals surface area contributed by atoms with Crippen LogP contribution >= 0.6 is 11.3 Å². The van der Waals surface area contributed by atoms with E-state index in [2.05, 4.69) is 4.98 Å². The molecule has 16 heavy (non-hydrogen) atoms. The Bertz CT molecular complexity index is 389. The molecule has 1 aromatic rings. The van der Waals surface area contributed by atoms with E-state index in [4.69, 9.17) is 5.11 Å². The van der Waals surface area contributed by atoms with E-state index in [0.717, 1.165) is 5.69 Å². The highest BCUT2D eigenvalue weighted by molar-refractivity contribution is 7.89. The predicted molar refractivity (Wildman–Crippen MR) is 63.7 cm³/mol. The quantitative estimate of drug-likeness (QED) is 0.735.